The normalized spacial score (nSPS) is 12.1. The molecule has 4 N–H and O–H groups in total. The Labute approximate surface area is 141 Å². The van der Waals surface area contributed by atoms with Crippen LogP contribution in [-0.4, -0.2) is 21.9 Å². The van der Waals surface area contributed by atoms with Crippen molar-refractivity contribution in [3.05, 3.63) is 36.0 Å². The lowest BCUT2D eigenvalue weighted by Gasteiger charge is -2.10. The molecule has 23 heavy (non-hydrogen) atoms. The third-order valence-corrected chi connectivity index (χ3v) is 4.93. The molecule has 0 aliphatic rings. The Morgan fingerprint density at radius 2 is 2.09 bits per heavy atom. The van der Waals surface area contributed by atoms with E-state index in [4.69, 9.17) is 5.84 Å². The summed E-state index contributed by atoms with van der Waals surface area (Å²) in [5.74, 6) is 5.80. The van der Waals surface area contributed by atoms with Crippen molar-refractivity contribution in [3.8, 4) is 11.3 Å². The number of nitrogens with two attached hydrogens (primary N) is 1. The summed E-state index contributed by atoms with van der Waals surface area (Å²) in [5.41, 5.74) is 4.92. The third-order valence-electron chi connectivity index (χ3n) is 3.83. The Morgan fingerprint density at radius 1 is 1.35 bits per heavy atom. The number of thioether (sulfide) groups is 1. The van der Waals surface area contributed by atoms with E-state index < -0.39 is 0 Å². The van der Waals surface area contributed by atoms with Crippen molar-refractivity contribution in [1.29, 1.82) is 0 Å². The zero-order valence-electron chi connectivity index (χ0n) is 13.6. The number of aromatic amines is 1. The van der Waals surface area contributed by atoms with E-state index in [0.717, 1.165) is 22.6 Å². The molecule has 1 amide bonds. The minimum absolute atomic E-state index is 0.226. The number of unbranched alkanes of at least 4 members (excludes halogenated alkanes) is 2. The molecule has 1 atom stereocenters. The van der Waals surface area contributed by atoms with Crippen LogP contribution < -0.4 is 11.3 Å². The predicted molar refractivity (Wildman–Crippen MR) is 95.0 cm³/mol. The van der Waals surface area contributed by atoms with Crippen molar-refractivity contribution in [2.75, 3.05) is 5.75 Å². The third kappa shape index (κ3) is 4.59. The summed E-state index contributed by atoms with van der Waals surface area (Å²) in [6, 6.07) is 8.35. The highest BCUT2D eigenvalue weighted by atomic mass is 32.2. The largest absolute Gasteiger partial charge is 0.294 e. The fraction of sp³-hybridized carbons (Fsp3) is 0.412. The van der Waals surface area contributed by atoms with Gasteiger partial charge in [-0.1, -0.05) is 31.9 Å². The maximum absolute atomic E-state index is 11.7. The summed E-state index contributed by atoms with van der Waals surface area (Å²) in [4.78, 5) is 13.0. The fourth-order valence-electron chi connectivity index (χ4n) is 2.38. The lowest BCUT2D eigenvalue weighted by molar-refractivity contribution is -0.122. The van der Waals surface area contributed by atoms with Gasteiger partial charge >= 0.3 is 0 Å². The number of amides is 1. The first-order valence-electron chi connectivity index (χ1n) is 7.94. The van der Waals surface area contributed by atoms with Crippen LogP contribution >= 0.6 is 11.8 Å². The Hall–Kier alpha value is -1.79. The molecule has 0 bridgehead atoms. The first-order chi connectivity index (χ1) is 11.2. The highest BCUT2D eigenvalue weighted by molar-refractivity contribution is 7.99. The lowest BCUT2D eigenvalue weighted by Crippen LogP contribution is -2.33. The monoisotopic (exact) mass is 332 g/mol. The fourth-order valence-corrected chi connectivity index (χ4v) is 3.29. The highest BCUT2D eigenvalue weighted by Gasteiger charge is 2.20. The lowest BCUT2D eigenvalue weighted by atomic mass is 9.97. The molecular formula is C17H24N4OS. The minimum atomic E-state index is -0.350. The number of hydrogen-bond acceptors (Lipinski definition) is 4. The average Bonchev–Trinajstić information content (AvgIpc) is 3.07. The number of hydrogen-bond donors (Lipinski definition) is 3. The Balaban J connectivity index is 2.08. The predicted octanol–water partition coefficient (Wildman–Crippen LogP) is 3.45. The Morgan fingerprint density at radius 3 is 2.74 bits per heavy atom. The summed E-state index contributed by atoms with van der Waals surface area (Å²) in [6.07, 6.45) is 5.46. The number of H-pyrrole nitrogens is 1. The van der Waals surface area contributed by atoms with Crippen molar-refractivity contribution in [1.82, 2.24) is 15.6 Å². The van der Waals surface area contributed by atoms with Gasteiger partial charge in [-0.25, -0.2) is 5.84 Å². The zero-order valence-corrected chi connectivity index (χ0v) is 14.5. The van der Waals surface area contributed by atoms with Crippen LogP contribution in [-0.2, 0) is 4.79 Å². The maximum Gasteiger partial charge on any atom is 0.241 e. The summed E-state index contributed by atoms with van der Waals surface area (Å²) in [6.45, 7) is 4.03. The summed E-state index contributed by atoms with van der Waals surface area (Å²) in [5, 5.41) is 7.06. The first-order valence-corrected chi connectivity index (χ1v) is 8.92. The van der Waals surface area contributed by atoms with Crippen LogP contribution in [0.25, 0.3) is 11.3 Å². The smallest absolute Gasteiger partial charge is 0.241 e. The molecule has 0 fully saturated rings. The quantitative estimate of drug-likeness (QED) is 0.227. The maximum atomic E-state index is 11.7. The van der Waals surface area contributed by atoms with Crippen molar-refractivity contribution in [3.63, 3.8) is 0 Å². The van der Waals surface area contributed by atoms with Crippen LogP contribution in [0.5, 0.6) is 0 Å². The minimum Gasteiger partial charge on any atom is -0.294 e. The van der Waals surface area contributed by atoms with E-state index in [0.29, 0.717) is 0 Å². The first kappa shape index (κ1) is 17.6. The van der Waals surface area contributed by atoms with E-state index >= 15 is 0 Å². The van der Waals surface area contributed by atoms with Crippen LogP contribution in [0.2, 0.25) is 0 Å². The second-order valence-electron chi connectivity index (χ2n) is 5.51. The van der Waals surface area contributed by atoms with Gasteiger partial charge in [-0.3, -0.25) is 15.3 Å². The van der Waals surface area contributed by atoms with Gasteiger partial charge in [-0.05, 0) is 36.8 Å². The molecule has 0 aliphatic heterocycles. The molecule has 0 saturated heterocycles. The molecule has 1 aromatic carbocycles. The van der Waals surface area contributed by atoms with Gasteiger partial charge < -0.3 is 0 Å². The second kappa shape index (κ2) is 8.74. The number of hydrazine groups is 1. The number of benzene rings is 1. The molecule has 1 aromatic heterocycles. The van der Waals surface area contributed by atoms with Gasteiger partial charge in [-0.2, -0.15) is 5.10 Å². The van der Waals surface area contributed by atoms with E-state index in [1.165, 1.54) is 24.2 Å². The van der Waals surface area contributed by atoms with Gasteiger partial charge in [0.05, 0.1) is 17.8 Å². The number of nitrogens with zero attached hydrogens (tertiary/aromatic N) is 1. The molecule has 124 valence electrons. The van der Waals surface area contributed by atoms with Gasteiger partial charge in [0.15, 0.2) is 0 Å². The molecule has 0 saturated carbocycles. The van der Waals surface area contributed by atoms with Crippen molar-refractivity contribution >= 4 is 17.7 Å². The van der Waals surface area contributed by atoms with E-state index in [2.05, 4.69) is 46.8 Å². The standard InChI is InChI=1S/C17H24N4OS/c1-3-4-5-10-23-14-8-6-13(7-9-14)16-15(11-19-21-16)12(2)17(22)20-18/h6-9,11-12H,3-5,10,18H2,1-2H3,(H,19,21)(H,20,22). The molecule has 0 radical (unpaired) electrons. The number of carbonyl (C=O) groups is 1. The topological polar surface area (TPSA) is 83.8 Å². The summed E-state index contributed by atoms with van der Waals surface area (Å²) in [7, 11) is 0. The molecule has 6 heteroatoms. The molecule has 1 heterocycles. The Kier molecular flexibility index (Phi) is 6.67. The SMILES string of the molecule is CCCCCSc1ccc(-c2[nH]ncc2C(C)C(=O)NN)cc1. The van der Waals surface area contributed by atoms with Crippen LogP contribution in [0.1, 0.15) is 44.6 Å². The van der Waals surface area contributed by atoms with Crippen LogP contribution in [0, 0.1) is 0 Å². The van der Waals surface area contributed by atoms with Gasteiger partial charge in [0.1, 0.15) is 0 Å². The number of nitrogens with one attached hydrogen (secondary N) is 2. The number of carbonyl (C=O) groups excluding carboxylic acids is 1. The van der Waals surface area contributed by atoms with E-state index in [9.17, 15) is 4.79 Å². The van der Waals surface area contributed by atoms with Crippen LogP contribution in [0.3, 0.4) is 0 Å². The molecule has 5 nitrogen and oxygen atoms in total. The Bertz CT molecular complexity index is 624. The molecule has 1 unspecified atom stereocenters. The van der Waals surface area contributed by atoms with Crippen molar-refractivity contribution < 1.29 is 4.79 Å². The van der Waals surface area contributed by atoms with Gasteiger partial charge in [0.25, 0.3) is 0 Å². The molecule has 0 aliphatic carbocycles. The molecular weight excluding hydrogens is 308 g/mol. The average molecular weight is 332 g/mol. The zero-order chi connectivity index (χ0) is 16.7. The molecule has 2 rings (SSSR count). The number of rotatable bonds is 8. The number of aromatic nitrogens is 2. The highest BCUT2D eigenvalue weighted by Crippen LogP contribution is 2.29. The van der Waals surface area contributed by atoms with E-state index in [1.54, 1.807) is 6.20 Å². The van der Waals surface area contributed by atoms with Crippen molar-refractivity contribution in [2.24, 2.45) is 5.84 Å². The second-order valence-corrected chi connectivity index (χ2v) is 6.68. The van der Waals surface area contributed by atoms with Gasteiger partial charge in [-0.15, -0.1) is 11.8 Å². The van der Waals surface area contributed by atoms with Crippen LogP contribution in [0.4, 0.5) is 0 Å². The van der Waals surface area contributed by atoms with Gasteiger partial charge in [0, 0.05) is 10.5 Å². The van der Waals surface area contributed by atoms with Crippen LogP contribution in [0.15, 0.2) is 35.4 Å². The molecule has 0 spiro atoms. The van der Waals surface area contributed by atoms with E-state index in [1.807, 2.05) is 18.7 Å². The summed E-state index contributed by atoms with van der Waals surface area (Å²) >= 11 is 1.88. The van der Waals surface area contributed by atoms with E-state index in [-0.39, 0.29) is 11.8 Å². The molecule has 2 aromatic rings. The van der Waals surface area contributed by atoms with Crippen molar-refractivity contribution in [2.45, 2.75) is 43.9 Å². The van der Waals surface area contributed by atoms with Gasteiger partial charge in [0.2, 0.25) is 5.91 Å². The summed E-state index contributed by atoms with van der Waals surface area (Å²) < 4.78 is 0.